The fourth-order valence-electron chi connectivity index (χ4n) is 2.00. The summed E-state index contributed by atoms with van der Waals surface area (Å²) < 4.78 is 14.0. The molecule has 6 nitrogen and oxygen atoms in total. The first-order chi connectivity index (χ1) is 11.9. The molecule has 8 heteroatoms. The number of rotatable bonds is 6. The van der Waals surface area contributed by atoms with Gasteiger partial charge in [0.05, 0.1) is 28.6 Å². The third-order valence-corrected chi connectivity index (χ3v) is 3.25. The first-order valence-electron chi connectivity index (χ1n) is 7.08. The zero-order chi connectivity index (χ0) is 18.4. The van der Waals surface area contributed by atoms with E-state index in [1.807, 2.05) is 6.07 Å². The standard InChI is InChI=1S/C17H13ClFN3O3/c1-10-2-5-14(13(19)6-10)21-15-7-11(8-20)3-4-12(15)17(24)22-25-9-16(18)23/h2-7,21H,9H2,1H3,(H,22,24). The Morgan fingerprint density at radius 2 is 2.00 bits per heavy atom. The third-order valence-electron chi connectivity index (χ3n) is 3.14. The van der Waals surface area contributed by atoms with Crippen molar-refractivity contribution in [3.05, 3.63) is 58.9 Å². The van der Waals surface area contributed by atoms with Crippen molar-refractivity contribution in [3.63, 3.8) is 0 Å². The summed E-state index contributed by atoms with van der Waals surface area (Å²) in [7, 11) is 0. The molecule has 0 fully saturated rings. The maximum absolute atomic E-state index is 14.0. The molecule has 0 aliphatic heterocycles. The molecule has 0 spiro atoms. The molecule has 1 amide bonds. The van der Waals surface area contributed by atoms with Crippen LogP contribution in [0.15, 0.2) is 36.4 Å². The van der Waals surface area contributed by atoms with Gasteiger partial charge in [-0.05, 0) is 54.4 Å². The quantitative estimate of drug-likeness (QED) is 0.609. The van der Waals surface area contributed by atoms with Gasteiger partial charge in [0, 0.05) is 0 Å². The number of nitrogens with one attached hydrogen (secondary N) is 2. The van der Waals surface area contributed by atoms with Gasteiger partial charge in [-0.3, -0.25) is 14.4 Å². The molecule has 0 saturated heterocycles. The van der Waals surface area contributed by atoms with Gasteiger partial charge in [0.15, 0.2) is 0 Å². The second kappa shape index (κ2) is 8.24. The monoisotopic (exact) mass is 361 g/mol. The minimum atomic E-state index is -0.778. The van der Waals surface area contributed by atoms with Gasteiger partial charge in [0.25, 0.3) is 5.91 Å². The number of halogens is 2. The number of anilines is 2. The summed E-state index contributed by atoms with van der Waals surface area (Å²) in [4.78, 5) is 27.5. The predicted molar refractivity (Wildman–Crippen MR) is 89.9 cm³/mol. The van der Waals surface area contributed by atoms with Gasteiger partial charge < -0.3 is 5.32 Å². The molecule has 0 heterocycles. The smallest absolute Gasteiger partial charge is 0.276 e. The van der Waals surface area contributed by atoms with Crippen LogP contribution in [0.4, 0.5) is 15.8 Å². The molecule has 0 unspecified atom stereocenters. The number of hydrogen-bond donors (Lipinski definition) is 2. The number of hydroxylamine groups is 1. The van der Waals surface area contributed by atoms with Crippen LogP contribution in [0.25, 0.3) is 0 Å². The summed E-state index contributed by atoms with van der Waals surface area (Å²) in [6.07, 6.45) is 0. The first kappa shape index (κ1) is 18.4. The van der Waals surface area contributed by atoms with Crippen molar-refractivity contribution >= 4 is 34.1 Å². The van der Waals surface area contributed by atoms with Crippen LogP contribution >= 0.6 is 11.6 Å². The largest absolute Gasteiger partial charge is 0.352 e. The Morgan fingerprint density at radius 1 is 1.24 bits per heavy atom. The molecule has 0 aliphatic carbocycles. The van der Waals surface area contributed by atoms with Crippen molar-refractivity contribution in [2.24, 2.45) is 0 Å². The fraction of sp³-hybridized carbons (Fsp3) is 0.118. The molecular formula is C17H13ClFN3O3. The zero-order valence-corrected chi connectivity index (χ0v) is 13.9. The number of carbonyl (C=O) groups excluding carboxylic acids is 2. The van der Waals surface area contributed by atoms with E-state index in [-0.39, 0.29) is 22.5 Å². The Bertz CT molecular complexity index is 865. The fourth-order valence-corrected chi connectivity index (χ4v) is 2.05. The Balaban J connectivity index is 2.30. The topological polar surface area (TPSA) is 91.2 Å². The molecule has 25 heavy (non-hydrogen) atoms. The number of carbonyl (C=O) groups is 2. The van der Waals surface area contributed by atoms with E-state index < -0.39 is 23.6 Å². The van der Waals surface area contributed by atoms with E-state index in [0.29, 0.717) is 0 Å². The molecule has 0 bridgehead atoms. The van der Waals surface area contributed by atoms with Crippen LogP contribution in [0, 0.1) is 24.1 Å². The van der Waals surface area contributed by atoms with Gasteiger partial charge in [0.2, 0.25) is 5.24 Å². The van der Waals surface area contributed by atoms with E-state index in [1.165, 1.54) is 30.3 Å². The average Bonchev–Trinajstić information content (AvgIpc) is 2.56. The SMILES string of the molecule is Cc1ccc(Nc2cc(C#N)ccc2C(=O)NOCC(=O)Cl)c(F)c1. The van der Waals surface area contributed by atoms with Gasteiger partial charge in [-0.15, -0.1) is 0 Å². The summed E-state index contributed by atoms with van der Waals surface area (Å²) >= 11 is 5.11. The lowest BCUT2D eigenvalue weighted by molar-refractivity contribution is -0.117. The molecule has 2 aromatic carbocycles. The number of nitrogens with zero attached hydrogens (tertiary/aromatic N) is 1. The van der Waals surface area contributed by atoms with Crippen molar-refractivity contribution in [2.75, 3.05) is 11.9 Å². The van der Waals surface area contributed by atoms with E-state index in [2.05, 4.69) is 15.6 Å². The maximum Gasteiger partial charge on any atom is 0.276 e. The van der Waals surface area contributed by atoms with Gasteiger partial charge in [-0.1, -0.05) is 6.07 Å². The predicted octanol–water partition coefficient (Wildman–Crippen LogP) is 3.18. The normalized spacial score (nSPS) is 10.0. The van der Waals surface area contributed by atoms with Crippen LogP contribution in [0.3, 0.4) is 0 Å². The summed E-state index contributed by atoms with van der Waals surface area (Å²) in [6.45, 7) is 1.25. The van der Waals surface area contributed by atoms with Crippen LogP contribution in [-0.4, -0.2) is 17.8 Å². The second-order valence-electron chi connectivity index (χ2n) is 5.06. The van der Waals surface area contributed by atoms with Gasteiger partial charge >= 0.3 is 0 Å². The van der Waals surface area contributed by atoms with Gasteiger partial charge in [-0.25, -0.2) is 9.87 Å². The van der Waals surface area contributed by atoms with Crippen LogP contribution in [-0.2, 0) is 9.63 Å². The highest BCUT2D eigenvalue weighted by Gasteiger charge is 2.14. The molecule has 128 valence electrons. The van der Waals surface area contributed by atoms with Crippen LogP contribution in [0.5, 0.6) is 0 Å². The Hall–Kier alpha value is -2.95. The Kier molecular flexibility index (Phi) is 6.06. The Morgan fingerprint density at radius 3 is 2.64 bits per heavy atom. The van der Waals surface area contributed by atoms with Crippen LogP contribution in [0.1, 0.15) is 21.5 Å². The van der Waals surface area contributed by atoms with E-state index in [0.717, 1.165) is 5.56 Å². The highest BCUT2D eigenvalue weighted by atomic mass is 35.5. The lowest BCUT2D eigenvalue weighted by Crippen LogP contribution is -2.26. The molecule has 2 aromatic rings. The minimum Gasteiger partial charge on any atom is -0.352 e. The lowest BCUT2D eigenvalue weighted by atomic mass is 10.1. The Labute approximate surface area is 148 Å². The highest BCUT2D eigenvalue weighted by molar-refractivity contribution is 6.63. The summed E-state index contributed by atoms with van der Waals surface area (Å²) in [5.74, 6) is -1.19. The van der Waals surface area contributed by atoms with E-state index in [9.17, 15) is 14.0 Å². The van der Waals surface area contributed by atoms with E-state index in [1.54, 1.807) is 13.0 Å². The zero-order valence-electron chi connectivity index (χ0n) is 13.1. The van der Waals surface area contributed by atoms with Crippen molar-refractivity contribution in [2.45, 2.75) is 6.92 Å². The number of nitriles is 1. The van der Waals surface area contributed by atoms with Gasteiger partial charge in [0.1, 0.15) is 12.4 Å². The molecular weight excluding hydrogens is 349 g/mol. The highest BCUT2D eigenvalue weighted by Crippen LogP contribution is 2.25. The molecule has 0 aromatic heterocycles. The lowest BCUT2D eigenvalue weighted by Gasteiger charge is -2.13. The van der Waals surface area contributed by atoms with E-state index >= 15 is 0 Å². The summed E-state index contributed by atoms with van der Waals surface area (Å²) in [6, 6.07) is 10.7. The second-order valence-corrected chi connectivity index (χ2v) is 5.48. The molecule has 0 atom stereocenters. The summed E-state index contributed by atoms with van der Waals surface area (Å²) in [5, 5.41) is 11.0. The van der Waals surface area contributed by atoms with Crippen LogP contribution in [0.2, 0.25) is 0 Å². The average molecular weight is 362 g/mol. The van der Waals surface area contributed by atoms with E-state index in [4.69, 9.17) is 16.9 Å². The number of aryl methyl sites for hydroxylation is 1. The number of hydrogen-bond acceptors (Lipinski definition) is 5. The third kappa shape index (κ3) is 5.01. The maximum atomic E-state index is 14.0. The first-order valence-corrected chi connectivity index (χ1v) is 7.46. The molecule has 2 rings (SSSR count). The van der Waals surface area contributed by atoms with Crippen molar-refractivity contribution in [1.82, 2.24) is 5.48 Å². The molecule has 0 radical (unpaired) electrons. The number of amides is 1. The van der Waals surface area contributed by atoms with Crippen molar-refractivity contribution in [3.8, 4) is 6.07 Å². The summed E-state index contributed by atoms with van der Waals surface area (Å²) in [5.41, 5.74) is 3.53. The molecule has 0 aliphatic rings. The minimum absolute atomic E-state index is 0.0981. The van der Waals surface area contributed by atoms with Gasteiger partial charge in [-0.2, -0.15) is 5.26 Å². The molecule has 0 saturated carbocycles. The molecule has 2 N–H and O–H groups in total. The van der Waals surface area contributed by atoms with Crippen LogP contribution < -0.4 is 10.8 Å². The van der Waals surface area contributed by atoms with Crippen molar-refractivity contribution < 1.29 is 18.8 Å². The van der Waals surface area contributed by atoms with Crippen molar-refractivity contribution in [1.29, 1.82) is 5.26 Å². The number of benzene rings is 2.